The molecule has 170 valence electrons. The van der Waals surface area contributed by atoms with Crippen molar-refractivity contribution in [1.82, 2.24) is 0 Å². The Bertz CT molecular complexity index is 1130. The van der Waals surface area contributed by atoms with E-state index >= 15 is 0 Å². The molecule has 0 saturated carbocycles. The Hall–Kier alpha value is -3.48. The first-order valence-corrected chi connectivity index (χ1v) is 11.1. The summed E-state index contributed by atoms with van der Waals surface area (Å²) < 4.78 is 11.0. The van der Waals surface area contributed by atoms with Crippen LogP contribution in [0.5, 0.6) is 0 Å². The molecule has 0 saturated heterocycles. The van der Waals surface area contributed by atoms with E-state index < -0.39 is 0 Å². The second-order valence-corrected chi connectivity index (χ2v) is 8.07. The van der Waals surface area contributed by atoms with Gasteiger partial charge in [0.05, 0.1) is 6.10 Å². The zero-order valence-electron chi connectivity index (χ0n) is 18.9. The number of fused-ring (bicyclic) bond motifs is 1. The zero-order chi connectivity index (χ0) is 23.2. The van der Waals surface area contributed by atoms with Gasteiger partial charge in [0.2, 0.25) is 0 Å². The van der Waals surface area contributed by atoms with Gasteiger partial charge < -0.3 is 19.7 Å². The van der Waals surface area contributed by atoms with Gasteiger partial charge in [0.25, 0.3) is 11.8 Å². The Balaban J connectivity index is 1.52. The lowest BCUT2D eigenvalue weighted by atomic mass is 10.0. The Labute approximate surface area is 194 Å². The molecule has 6 nitrogen and oxygen atoms in total. The van der Waals surface area contributed by atoms with E-state index in [-0.39, 0.29) is 24.7 Å². The summed E-state index contributed by atoms with van der Waals surface area (Å²) >= 11 is 0. The van der Waals surface area contributed by atoms with Gasteiger partial charge in [-0.1, -0.05) is 36.4 Å². The number of aryl methyl sites for hydroxylation is 1. The van der Waals surface area contributed by atoms with Crippen LogP contribution in [0.2, 0.25) is 0 Å². The van der Waals surface area contributed by atoms with Crippen LogP contribution in [0.15, 0.2) is 72.8 Å². The molecule has 0 spiro atoms. The maximum Gasteiger partial charge on any atom is 0.258 e. The summed E-state index contributed by atoms with van der Waals surface area (Å²) in [6, 6.07) is 22.3. The van der Waals surface area contributed by atoms with Gasteiger partial charge in [0, 0.05) is 41.7 Å². The van der Waals surface area contributed by atoms with Crippen LogP contribution < -0.4 is 10.2 Å². The minimum Gasteiger partial charge on any atom is -0.359 e. The molecule has 1 atom stereocenters. The molecule has 3 aromatic carbocycles. The molecule has 1 aliphatic heterocycles. The van der Waals surface area contributed by atoms with E-state index in [2.05, 4.69) is 5.32 Å². The van der Waals surface area contributed by atoms with Crippen molar-refractivity contribution >= 4 is 23.2 Å². The van der Waals surface area contributed by atoms with Gasteiger partial charge in [0.15, 0.2) is 0 Å². The van der Waals surface area contributed by atoms with Gasteiger partial charge in [-0.15, -0.1) is 0 Å². The maximum atomic E-state index is 13.4. The number of ether oxygens (including phenoxy) is 2. The molecule has 3 aromatic rings. The maximum absolute atomic E-state index is 13.4. The number of hydrogen-bond acceptors (Lipinski definition) is 4. The summed E-state index contributed by atoms with van der Waals surface area (Å²) in [6.07, 6.45) is 1.52. The van der Waals surface area contributed by atoms with Gasteiger partial charge in [0.1, 0.15) is 6.79 Å². The molecule has 4 rings (SSSR count). The van der Waals surface area contributed by atoms with E-state index in [0.717, 1.165) is 29.7 Å². The molecule has 2 amide bonds. The molecule has 1 N–H and O–H groups in total. The fourth-order valence-corrected chi connectivity index (χ4v) is 4.13. The molecule has 33 heavy (non-hydrogen) atoms. The van der Waals surface area contributed by atoms with Crippen LogP contribution in [0, 0.1) is 6.92 Å². The van der Waals surface area contributed by atoms with Crippen molar-refractivity contribution in [3.63, 3.8) is 0 Å². The third-order valence-electron chi connectivity index (χ3n) is 5.83. The lowest BCUT2D eigenvalue weighted by Crippen LogP contribution is -2.31. The number of hydrogen-bond donors (Lipinski definition) is 1. The van der Waals surface area contributed by atoms with E-state index in [1.807, 2.05) is 54.3 Å². The predicted octanol–water partition coefficient (Wildman–Crippen LogP) is 5.35. The lowest BCUT2D eigenvalue weighted by Gasteiger charge is -2.24. The summed E-state index contributed by atoms with van der Waals surface area (Å²) in [5.41, 5.74) is 4.60. The minimum absolute atomic E-state index is 0.0772. The van der Waals surface area contributed by atoms with E-state index in [0.29, 0.717) is 23.4 Å². The predicted molar refractivity (Wildman–Crippen MR) is 129 cm³/mol. The first-order valence-electron chi connectivity index (χ1n) is 11.1. The van der Waals surface area contributed by atoms with Gasteiger partial charge in [-0.25, -0.2) is 0 Å². The number of carbonyl (C=O) groups excluding carboxylic acids is 2. The number of methoxy groups -OCH3 is 1. The van der Waals surface area contributed by atoms with E-state index in [1.165, 1.54) is 0 Å². The summed E-state index contributed by atoms with van der Waals surface area (Å²) in [4.78, 5) is 27.8. The average molecular weight is 445 g/mol. The van der Waals surface area contributed by atoms with Crippen LogP contribution in [0.3, 0.4) is 0 Å². The Morgan fingerprint density at radius 2 is 1.73 bits per heavy atom. The highest BCUT2D eigenvalue weighted by Crippen LogP contribution is 2.35. The Morgan fingerprint density at radius 3 is 2.48 bits per heavy atom. The third-order valence-corrected chi connectivity index (χ3v) is 5.83. The molecule has 0 fully saturated rings. The van der Waals surface area contributed by atoms with Crippen LogP contribution in [0.4, 0.5) is 11.4 Å². The number of benzene rings is 3. The van der Waals surface area contributed by atoms with E-state index in [4.69, 9.17) is 9.47 Å². The summed E-state index contributed by atoms with van der Waals surface area (Å²) in [5, 5.41) is 2.90. The number of amides is 2. The quantitative estimate of drug-likeness (QED) is 0.521. The monoisotopic (exact) mass is 444 g/mol. The molecule has 0 radical (unpaired) electrons. The second-order valence-electron chi connectivity index (χ2n) is 8.07. The van der Waals surface area contributed by atoms with Gasteiger partial charge in [-0.2, -0.15) is 0 Å². The number of nitrogens with one attached hydrogen (secondary N) is 1. The average Bonchev–Trinajstić information content (AvgIpc) is 3.02. The standard InChI is InChI=1S/C27H28N2O4/c1-19-8-3-4-9-22(19)26(30)28-21-15-13-20(14-16-21)27(31)29-17-7-12-25(33-18-32-2)23-10-5-6-11-24(23)29/h3-6,8-11,13-16,25H,7,12,17-18H2,1-2H3,(H,28,30)/t25-/m1/s1. The molecule has 0 aromatic heterocycles. The van der Waals surface area contributed by atoms with E-state index in [9.17, 15) is 9.59 Å². The second kappa shape index (κ2) is 10.4. The van der Waals surface area contributed by atoms with Crippen LogP contribution in [-0.4, -0.2) is 32.3 Å². The van der Waals surface area contributed by atoms with Crippen molar-refractivity contribution in [3.05, 3.63) is 95.1 Å². The molecule has 1 heterocycles. The molecular weight excluding hydrogens is 416 g/mol. The molecule has 1 aliphatic rings. The van der Waals surface area contributed by atoms with Crippen LogP contribution >= 0.6 is 0 Å². The number of nitrogens with zero attached hydrogens (tertiary/aromatic N) is 1. The fraction of sp³-hybridized carbons (Fsp3) is 0.259. The first kappa shape index (κ1) is 22.7. The normalized spacial score (nSPS) is 15.5. The number of carbonyl (C=O) groups is 2. The highest BCUT2D eigenvalue weighted by molar-refractivity contribution is 6.08. The van der Waals surface area contributed by atoms with Crippen molar-refractivity contribution < 1.29 is 19.1 Å². The summed E-state index contributed by atoms with van der Waals surface area (Å²) in [5.74, 6) is -0.248. The largest absolute Gasteiger partial charge is 0.359 e. The first-order chi connectivity index (χ1) is 16.1. The highest BCUT2D eigenvalue weighted by atomic mass is 16.7. The van der Waals surface area contributed by atoms with Crippen molar-refractivity contribution in [2.24, 2.45) is 0 Å². The van der Waals surface area contributed by atoms with Crippen molar-refractivity contribution in [1.29, 1.82) is 0 Å². The topological polar surface area (TPSA) is 67.9 Å². The third kappa shape index (κ3) is 5.13. The number of rotatable bonds is 6. The van der Waals surface area contributed by atoms with Gasteiger partial charge >= 0.3 is 0 Å². The molecule has 0 aliphatic carbocycles. The van der Waals surface area contributed by atoms with E-state index in [1.54, 1.807) is 37.4 Å². The highest BCUT2D eigenvalue weighted by Gasteiger charge is 2.27. The Morgan fingerprint density at radius 1 is 1.00 bits per heavy atom. The Kier molecular flexibility index (Phi) is 7.17. The smallest absolute Gasteiger partial charge is 0.258 e. The summed E-state index contributed by atoms with van der Waals surface area (Å²) in [7, 11) is 1.60. The summed E-state index contributed by atoms with van der Waals surface area (Å²) in [6.45, 7) is 2.72. The fourth-order valence-electron chi connectivity index (χ4n) is 4.13. The zero-order valence-corrected chi connectivity index (χ0v) is 18.9. The minimum atomic E-state index is -0.171. The van der Waals surface area contributed by atoms with Gasteiger partial charge in [-0.05, 0) is 61.7 Å². The van der Waals surface area contributed by atoms with Crippen LogP contribution in [0.1, 0.15) is 50.8 Å². The molecular formula is C27H28N2O4. The van der Waals surface area contributed by atoms with Gasteiger partial charge in [-0.3, -0.25) is 9.59 Å². The number of para-hydroxylation sites is 1. The number of anilines is 2. The van der Waals surface area contributed by atoms with Crippen molar-refractivity contribution in [2.75, 3.05) is 30.7 Å². The molecule has 0 unspecified atom stereocenters. The lowest BCUT2D eigenvalue weighted by molar-refractivity contribution is -0.0753. The van der Waals surface area contributed by atoms with Crippen LogP contribution in [-0.2, 0) is 9.47 Å². The van der Waals surface area contributed by atoms with Crippen molar-refractivity contribution in [2.45, 2.75) is 25.9 Å². The molecule has 0 bridgehead atoms. The molecule has 6 heteroatoms. The van der Waals surface area contributed by atoms with Crippen LogP contribution in [0.25, 0.3) is 0 Å². The van der Waals surface area contributed by atoms with Crippen molar-refractivity contribution in [3.8, 4) is 0 Å². The SMILES string of the molecule is COCO[C@@H]1CCCN(C(=O)c2ccc(NC(=O)c3ccccc3C)cc2)c2ccccc21.